The van der Waals surface area contributed by atoms with Gasteiger partial charge in [-0.3, -0.25) is 4.57 Å². The van der Waals surface area contributed by atoms with E-state index >= 15 is 0 Å². The van der Waals surface area contributed by atoms with Crippen LogP contribution in [0.2, 0.25) is 0 Å². The molecule has 0 aliphatic carbocycles. The van der Waals surface area contributed by atoms with Crippen LogP contribution in [0.15, 0.2) is 30.9 Å². The van der Waals surface area contributed by atoms with Gasteiger partial charge >= 0.3 is 5.97 Å². The molecule has 0 aliphatic rings. The van der Waals surface area contributed by atoms with Gasteiger partial charge in [0, 0.05) is 3.57 Å². The Hall–Kier alpha value is -1.44. The lowest BCUT2D eigenvalue weighted by Gasteiger charge is -2.05. The van der Waals surface area contributed by atoms with Gasteiger partial charge in [-0.05, 0) is 40.8 Å². The number of carboxylic acid groups (broad SMARTS) is 1. The fraction of sp³-hybridized carbons (Fsp3) is 0. The highest BCUT2D eigenvalue weighted by Gasteiger charge is 2.11. The largest absolute Gasteiger partial charge is 0.478 e. The van der Waals surface area contributed by atoms with Crippen molar-refractivity contribution < 1.29 is 9.90 Å². The fourth-order valence-corrected chi connectivity index (χ4v) is 1.72. The Balaban J connectivity index is 2.61. The molecule has 0 saturated heterocycles. The second-order valence-corrected chi connectivity index (χ2v) is 4.08. The van der Waals surface area contributed by atoms with E-state index in [0.29, 0.717) is 5.69 Å². The van der Waals surface area contributed by atoms with Crippen molar-refractivity contribution in [1.29, 1.82) is 0 Å². The summed E-state index contributed by atoms with van der Waals surface area (Å²) in [6.07, 6.45) is 2.93. The summed E-state index contributed by atoms with van der Waals surface area (Å²) in [5.41, 5.74) is 0.801. The van der Waals surface area contributed by atoms with Gasteiger partial charge in [0.05, 0.1) is 11.3 Å². The molecule has 15 heavy (non-hydrogen) atoms. The van der Waals surface area contributed by atoms with E-state index in [1.165, 1.54) is 12.7 Å². The zero-order chi connectivity index (χ0) is 10.8. The normalized spacial score (nSPS) is 10.2. The minimum Gasteiger partial charge on any atom is -0.478 e. The van der Waals surface area contributed by atoms with Crippen LogP contribution in [0.1, 0.15) is 10.4 Å². The minimum atomic E-state index is -0.961. The summed E-state index contributed by atoms with van der Waals surface area (Å²) in [5, 5.41) is 16.3. The minimum absolute atomic E-state index is 0.238. The molecule has 0 saturated carbocycles. The Kier molecular flexibility index (Phi) is 2.67. The van der Waals surface area contributed by atoms with Crippen LogP contribution in [0.4, 0.5) is 0 Å². The maximum absolute atomic E-state index is 11.0. The van der Waals surface area contributed by atoms with Gasteiger partial charge < -0.3 is 5.11 Å². The number of carboxylic acids is 1. The Labute approximate surface area is 98.9 Å². The van der Waals surface area contributed by atoms with Gasteiger partial charge in [-0.25, -0.2) is 4.79 Å². The average molecular weight is 315 g/mol. The highest BCUT2D eigenvalue weighted by molar-refractivity contribution is 14.1. The lowest BCUT2D eigenvalue weighted by molar-refractivity contribution is 0.0697. The van der Waals surface area contributed by atoms with Crippen LogP contribution in [-0.4, -0.2) is 25.8 Å². The molecule has 0 atom stereocenters. The molecule has 0 spiro atoms. The van der Waals surface area contributed by atoms with Crippen molar-refractivity contribution in [2.45, 2.75) is 0 Å². The summed E-state index contributed by atoms with van der Waals surface area (Å²) in [7, 11) is 0. The van der Waals surface area contributed by atoms with Gasteiger partial charge in [-0.15, -0.1) is 10.2 Å². The second-order valence-electron chi connectivity index (χ2n) is 2.84. The first-order valence-electron chi connectivity index (χ1n) is 4.06. The summed E-state index contributed by atoms with van der Waals surface area (Å²) >= 11 is 2.07. The average Bonchev–Trinajstić information content (AvgIpc) is 2.70. The van der Waals surface area contributed by atoms with Crippen molar-refractivity contribution in [2.24, 2.45) is 0 Å². The second kappa shape index (κ2) is 3.97. The van der Waals surface area contributed by atoms with E-state index in [1.54, 1.807) is 16.7 Å². The standard InChI is InChI=1S/C9H6IN3O2/c10-6-1-2-8(7(3-6)9(14)15)13-4-11-12-5-13/h1-5H,(H,14,15). The number of nitrogens with zero attached hydrogens (tertiary/aromatic N) is 3. The lowest BCUT2D eigenvalue weighted by atomic mass is 10.2. The Bertz CT molecular complexity index is 496. The quantitative estimate of drug-likeness (QED) is 0.854. The summed E-state index contributed by atoms with van der Waals surface area (Å²) in [5.74, 6) is -0.961. The van der Waals surface area contributed by atoms with E-state index in [4.69, 9.17) is 5.11 Å². The molecular weight excluding hydrogens is 309 g/mol. The third-order valence-electron chi connectivity index (χ3n) is 1.89. The van der Waals surface area contributed by atoms with E-state index in [9.17, 15) is 4.79 Å². The predicted octanol–water partition coefficient (Wildman–Crippen LogP) is 1.57. The van der Waals surface area contributed by atoms with Crippen LogP contribution >= 0.6 is 22.6 Å². The molecule has 0 bridgehead atoms. The number of halogens is 1. The van der Waals surface area contributed by atoms with Crippen LogP contribution in [0, 0.1) is 3.57 Å². The van der Waals surface area contributed by atoms with Gasteiger partial charge in [-0.2, -0.15) is 0 Å². The molecule has 1 heterocycles. The Morgan fingerprint density at radius 1 is 1.33 bits per heavy atom. The van der Waals surface area contributed by atoms with E-state index in [2.05, 4.69) is 32.8 Å². The van der Waals surface area contributed by atoms with Crippen molar-refractivity contribution in [3.63, 3.8) is 0 Å². The van der Waals surface area contributed by atoms with Crippen molar-refractivity contribution in [2.75, 3.05) is 0 Å². The number of benzene rings is 1. The predicted molar refractivity (Wildman–Crippen MR) is 61.0 cm³/mol. The van der Waals surface area contributed by atoms with Gasteiger partial charge in [0.15, 0.2) is 0 Å². The SMILES string of the molecule is O=C(O)c1cc(I)ccc1-n1cnnc1. The zero-order valence-electron chi connectivity index (χ0n) is 7.46. The molecule has 1 N–H and O–H groups in total. The van der Waals surface area contributed by atoms with E-state index in [1.807, 2.05) is 6.07 Å². The van der Waals surface area contributed by atoms with Crippen LogP contribution < -0.4 is 0 Å². The molecule has 0 amide bonds. The van der Waals surface area contributed by atoms with Crippen molar-refractivity contribution >= 4 is 28.6 Å². The lowest BCUT2D eigenvalue weighted by Crippen LogP contribution is -2.04. The highest BCUT2D eigenvalue weighted by Crippen LogP contribution is 2.17. The molecule has 0 radical (unpaired) electrons. The summed E-state index contributed by atoms with van der Waals surface area (Å²) in [6, 6.07) is 5.18. The molecule has 1 aromatic heterocycles. The third kappa shape index (κ3) is 1.99. The van der Waals surface area contributed by atoms with Gasteiger partial charge in [-0.1, -0.05) is 0 Å². The summed E-state index contributed by atoms with van der Waals surface area (Å²) in [6.45, 7) is 0. The number of hydrogen-bond acceptors (Lipinski definition) is 3. The van der Waals surface area contributed by atoms with Crippen LogP contribution in [0.3, 0.4) is 0 Å². The molecule has 0 aliphatic heterocycles. The molecular formula is C9H6IN3O2. The monoisotopic (exact) mass is 315 g/mol. The molecule has 5 nitrogen and oxygen atoms in total. The molecule has 76 valence electrons. The first-order valence-corrected chi connectivity index (χ1v) is 5.14. The smallest absolute Gasteiger partial charge is 0.337 e. The first kappa shape index (κ1) is 10.1. The van der Waals surface area contributed by atoms with Crippen molar-refractivity contribution in [3.05, 3.63) is 40.0 Å². The van der Waals surface area contributed by atoms with E-state index in [-0.39, 0.29) is 5.56 Å². The number of aromatic carboxylic acids is 1. The van der Waals surface area contributed by atoms with E-state index in [0.717, 1.165) is 3.57 Å². The molecule has 2 aromatic rings. The summed E-state index contributed by atoms with van der Waals surface area (Å²) in [4.78, 5) is 11.0. The Morgan fingerprint density at radius 2 is 2.00 bits per heavy atom. The maximum Gasteiger partial charge on any atom is 0.337 e. The number of carbonyl (C=O) groups is 1. The number of rotatable bonds is 2. The molecule has 6 heteroatoms. The first-order chi connectivity index (χ1) is 7.18. The van der Waals surface area contributed by atoms with Gasteiger partial charge in [0.2, 0.25) is 0 Å². The van der Waals surface area contributed by atoms with Gasteiger partial charge in [0.1, 0.15) is 12.7 Å². The van der Waals surface area contributed by atoms with Crippen molar-refractivity contribution in [1.82, 2.24) is 14.8 Å². The highest BCUT2D eigenvalue weighted by atomic mass is 127. The van der Waals surface area contributed by atoms with Crippen molar-refractivity contribution in [3.8, 4) is 5.69 Å². The van der Waals surface area contributed by atoms with Crippen LogP contribution in [0.5, 0.6) is 0 Å². The summed E-state index contributed by atoms with van der Waals surface area (Å²) < 4.78 is 2.45. The molecule has 2 rings (SSSR count). The molecule has 0 unspecified atom stereocenters. The van der Waals surface area contributed by atoms with Crippen LogP contribution in [0.25, 0.3) is 5.69 Å². The third-order valence-corrected chi connectivity index (χ3v) is 2.56. The fourth-order valence-electron chi connectivity index (χ4n) is 1.23. The zero-order valence-corrected chi connectivity index (χ0v) is 9.62. The van der Waals surface area contributed by atoms with Crippen LogP contribution in [-0.2, 0) is 0 Å². The molecule has 1 aromatic carbocycles. The van der Waals surface area contributed by atoms with E-state index < -0.39 is 5.97 Å². The number of hydrogen-bond donors (Lipinski definition) is 1. The number of aromatic nitrogens is 3. The van der Waals surface area contributed by atoms with Gasteiger partial charge in [0.25, 0.3) is 0 Å². The molecule has 0 fully saturated rings. The maximum atomic E-state index is 11.0. The topological polar surface area (TPSA) is 68.0 Å². The Morgan fingerprint density at radius 3 is 2.60 bits per heavy atom.